The van der Waals surface area contributed by atoms with Crippen molar-refractivity contribution in [3.05, 3.63) is 113 Å². The van der Waals surface area contributed by atoms with Gasteiger partial charge in [0.15, 0.2) is 5.78 Å². The second-order valence-corrected chi connectivity index (χ2v) is 10.4. The molecule has 1 aliphatic heterocycles. The van der Waals surface area contributed by atoms with Crippen LogP contribution in [0.2, 0.25) is 0 Å². The van der Waals surface area contributed by atoms with Crippen molar-refractivity contribution in [2.24, 2.45) is 0 Å². The maximum atomic E-state index is 12.4. The number of hydrogen-bond acceptors (Lipinski definition) is 2. The molecule has 0 spiro atoms. The van der Waals surface area contributed by atoms with Crippen LogP contribution >= 0.6 is 0 Å². The molecule has 2 heteroatoms. The lowest BCUT2D eigenvalue weighted by atomic mass is 9.84. The molecule has 0 unspecified atom stereocenters. The lowest BCUT2D eigenvalue weighted by Crippen LogP contribution is -2.32. The Morgan fingerprint density at radius 2 is 1.26 bits per heavy atom. The normalized spacial score (nSPS) is 14.7. The van der Waals surface area contributed by atoms with E-state index in [1.54, 1.807) is 5.57 Å². The number of Topliss-reactive ketones (excluding diaryl/α,β-unsaturated/α-hetero) is 1. The van der Waals surface area contributed by atoms with Gasteiger partial charge in [0.2, 0.25) is 0 Å². The first-order valence-electron chi connectivity index (χ1n) is 12.6. The van der Waals surface area contributed by atoms with Crippen LogP contribution in [0.4, 0.5) is 0 Å². The highest BCUT2D eigenvalue weighted by molar-refractivity contribution is 5.95. The molecule has 0 saturated carbocycles. The summed E-state index contributed by atoms with van der Waals surface area (Å²) in [6.45, 7) is 9.91. The van der Waals surface area contributed by atoms with E-state index in [0.29, 0.717) is 6.42 Å². The van der Waals surface area contributed by atoms with Gasteiger partial charge in [-0.1, -0.05) is 111 Å². The molecule has 1 fully saturated rings. The molecule has 1 aliphatic rings. The summed E-state index contributed by atoms with van der Waals surface area (Å²) in [5.74, 6) is 0.253. The monoisotopic (exact) mass is 451 g/mol. The van der Waals surface area contributed by atoms with E-state index in [0.717, 1.165) is 44.5 Å². The quantitative estimate of drug-likeness (QED) is 0.346. The maximum Gasteiger partial charge on any atom is 0.162 e. The van der Waals surface area contributed by atoms with E-state index >= 15 is 0 Å². The molecule has 176 valence electrons. The van der Waals surface area contributed by atoms with Crippen LogP contribution in [0.25, 0.3) is 5.57 Å². The van der Waals surface area contributed by atoms with Crippen LogP contribution in [-0.2, 0) is 5.41 Å². The average Bonchev–Trinajstić information content (AvgIpc) is 2.86. The lowest BCUT2D eigenvalue weighted by Gasteiger charge is -2.30. The van der Waals surface area contributed by atoms with E-state index < -0.39 is 0 Å². The number of hydrogen-bond donors (Lipinski definition) is 0. The van der Waals surface area contributed by atoms with Crippen molar-refractivity contribution in [1.29, 1.82) is 0 Å². The minimum atomic E-state index is 0.159. The van der Waals surface area contributed by atoms with Gasteiger partial charge < -0.3 is 4.90 Å². The number of benzene rings is 3. The fourth-order valence-electron chi connectivity index (χ4n) is 4.84. The van der Waals surface area contributed by atoms with Crippen molar-refractivity contribution in [2.75, 3.05) is 19.6 Å². The Bertz CT molecular complexity index is 1100. The lowest BCUT2D eigenvalue weighted by molar-refractivity contribution is 0.0974. The Balaban J connectivity index is 1.43. The summed E-state index contributed by atoms with van der Waals surface area (Å²) in [4.78, 5) is 14.9. The zero-order chi connectivity index (χ0) is 24.0. The number of likely N-dealkylation sites (tertiary alicyclic amines) is 1. The van der Waals surface area contributed by atoms with Crippen LogP contribution in [0.3, 0.4) is 0 Å². The van der Waals surface area contributed by atoms with Crippen LogP contribution in [0, 0.1) is 0 Å². The first-order valence-corrected chi connectivity index (χ1v) is 12.6. The Labute approximate surface area is 205 Å². The summed E-state index contributed by atoms with van der Waals surface area (Å²) in [6, 6.07) is 29.7. The van der Waals surface area contributed by atoms with E-state index in [9.17, 15) is 4.79 Å². The smallest absolute Gasteiger partial charge is 0.162 e. The summed E-state index contributed by atoms with van der Waals surface area (Å²) in [5.41, 5.74) is 7.93. The standard InChI is InChI=1S/C32H37NO/c1-32(2,3)29-18-16-27(17-19-29)31(26-13-8-5-9-14-26)28-20-23-33(24-21-28)22-10-15-30(34)25-11-6-4-7-12-25/h4-9,11-14,16-19H,10,15,20-24H2,1-3H3. The Hall–Kier alpha value is -2.97. The van der Waals surface area contributed by atoms with Crippen molar-refractivity contribution >= 4 is 11.4 Å². The molecular formula is C32H37NO. The topological polar surface area (TPSA) is 20.3 Å². The van der Waals surface area contributed by atoms with Crippen LogP contribution in [0.15, 0.2) is 90.5 Å². The van der Waals surface area contributed by atoms with Crippen LogP contribution in [0.5, 0.6) is 0 Å². The second-order valence-electron chi connectivity index (χ2n) is 10.4. The predicted octanol–water partition coefficient (Wildman–Crippen LogP) is 7.54. The average molecular weight is 452 g/mol. The molecule has 0 atom stereocenters. The molecule has 0 radical (unpaired) electrons. The molecule has 0 amide bonds. The Morgan fingerprint density at radius 3 is 1.82 bits per heavy atom. The van der Waals surface area contributed by atoms with Gasteiger partial charge in [-0.2, -0.15) is 0 Å². The van der Waals surface area contributed by atoms with E-state index in [-0.39, 0.29) is 11.2 Å². The molecule has 0 aromatic heterocycles. The van der Waals surface area contributed by atoms with Crippen LogP contribution in [-0.4, -0.2) is 30.3 Å². The summed E-state index contributed by atoms with van der Waals surface area (Å²) in [7, 11) is 0. The van der Waals surface area contributed by atoms with E-state index in [1.165, 1.54) is 22.3 Å². The molecule has 34 heavy (non-hydrogen) atoms. The highest BCUT2D eigenvalue weighted by atomic mass is 16.1. The predicted molar refractivity (Wildman–Crippen MR) is 143 cm³/mol. The summed E-state index contributed by atoms with van der Waals surface area (Å²) >= 11 is 0. The Morgan fingerprint density at radius 1 is 0.735 bits per heavy atom. The number of nitrogens with zero attached hydrogens (tertiary/aromatic N) is 1. The molecule has 1 saturated heterocycles. The zero-order valence-electron chi connectivity index (χ0n) is 20.9. The molecule has 0 aliphatic carbocycles. The van der Waals surface area contributed by atoms with Crippen molar-refractivity contribution in [2.45, 2.75) is 51.9 Å². The SMILES string of the molecule is CC(C)(C)c1ccc(C(=C2CCN(CCCC(=O)c3ccccc3)CC2)c2ccccc2)cc1. The fraction of sp³-hybridized carbons (Fsp3) is 0.344. The molecule has 4 rings (SSSR count). The molecule has 3 aromatic rings. The minimum Gasteiger partial charge on any atom is -0.303 e. The van der Waals surface area contributed by atoms with Gasteiger partial charge >= 0.3 is 0 Å². The third-order valence-electron chi connectivity index (χ3n) is 6.89. The van der Waals surface area contributed by atoms with Gasteiger partial charge in [-0.15, -0.1) is 0 Å². The maximum absolute atomic E-state index is 12.4. The number of ketones is 1. The molecule has 2 nitrogen and oxygen atoms in total. The molecule has 0 bridgehead atoms. The van der Waals surface area contributed by atoms with Crippen LogP contribution < -0.4 is 0 Å². The first kappa shape index (κ1) is 24.2. The van der Waals surface area contributed by atoms with Gasteiger partial charge in [0.1, 0.15) is 0 Å². The van der Waals surface area contributed by atoms with Crippen LogP contribution in [0.1, 0.15) is 73.5 Å². The summed E-state index contributed by atoms with van der Waals surface area (Å²) < 4.78 is 0. The van der Waals surface area contributed by atoms with Gasteiger partial charge in [-0.25, -0.2) is 0 Å². The van der Waals surface area contributed by atoms with Gasteiger partial charge in [-0.05, 0) is 53.5 Å². The number of carbonyl (C=O) groups excluding carboxylic acids is 1. The molecule has 1 heterocycles. The van der Waals surface area contributed by atoms with Gasteiger partial charge in [0, 0.05) is 25.1 Å². The number of piperidine rings is 1. The first-order chi connectivity index (χ1) is 16.4. The third kappa shape index (κ3) is 6.12. The summed E-state index contributed by atoms with van der Waals surface area (Å²) in [6.07, 6.45) is 3.71. The van der Waals surface area contributed by atoms with Gasteiger partial charge in [0.05, 0.1) is 0 Å². The minimum absolute atomic E-state index is 0.159. The van der Waals surface area contributed by atoms with E-state index in [4.69, 9.17) is 0 Å². The largest absolute Gasteiger partial charge is 0.303 e. The second kappa shape index (κ2) is 11.0. The third-order valence-corrected chi connectivity index (χ3v) is 6.89. The molecular weight excluding hydrogens is 414 g/mol. The highest BCUT2D eigenvalue weighted by Gasteiger charge is 2.20. The van der Waals surface area contributed by atoms with Crippen molar-refractivity contribution < 1.29 is 4.79 Å². The van der Waals surface area contributed by atoms with Crippen molar-refractivity contribution in [3.63, 3.8) is 0 Å². The number of carbonyl (C=O) groups is 1. The zero-order valence-corrected chi connectivity index (χ0v) is 20.9. The number of rotatable bonds is 7. The van der Waals surface area contributed by atoms with Gasteiger partial charge in [-0.3, -0.25) is 4.79 Å². The van der Waals surface area contributed by atoms with Crippen molar-refractivity contribution in [3.8, 4) is 0 Å². The summed E-state index contributed by atoms with van der Waals surface area (Å²) in [5, 5.41) is 0. The highest BCUT2D eigenvalue weighted by Crippen LogP contribution is 2.33. The van der Waals surface area contributed by atoms with Gasteiger partial charge in [0.25, 0.3) is 0 Å². The molecule has 0 N–H and O–H groups in total. The Kier molecular flexibility index (Phi) is 7.80. The fourth-order valence-corrected chi connectivity index (χ4v) is 4.84. The van der Waals surface area contributed by atoms with E-state index in [1.807, 2.05) is 30.3 Å². The molecule has 3 aromatic carbocycles. The van der Waals surface area contributed by atoms with Crippen molar-refractivity contribution in [1.82, 2.24) is 4.90 Å². The van der Waals surface area contributed by atoms with E-state index in [2.05, 4.69) is 80.3 Å².